The molecule has 2 atom stereocenters. The Morgan fingerprint density at radius 3 is 2.35 bits per heavy atom. The quantitative estimate of drug-likeness (QED) is 0.618. The fourth-order valence-electron chi connectivity index (χ4n) is 1.79. The summed E-state index contributed by atoms with van der Waals surface area (Å²) in [5.41, 5.74) is 0. The van der Waals surface area contributed by atoms with Gasteiger partial charge >= 0.3 is 0 Å². The van der Waals surface area contributed by atoms with E-state index in [2.05, 4.69) is 38.3 Å². The molecule has 0 spiro atoms. The topological polar surface area (TPSA) is 41.1 Å². The zero-order valence-electron chi connectivity index (χ0n) is 12.0. The van der Waals surface area contributed by atoms with Crippen LogP contribution in [0.25, 0.3) is 0 Å². The van der Waals surface area contributed by atoms with Crippen molar-refractivity contribution in [1.82, 2.24) is 10.6 Å². The fraction of sp³-hybridized carbons (Fsp3) is 0.929. The SMILES string of the molecule is CCCNC(=O)CCNC(CC)CC(C)CC. The molecule has 0 saturated carbocycles. The molecule has 3 nitrogen and oxygen atoms in total. The van der Waals surface area contributed by atoms with Crippen molar-refractivity contribution in [2.45, 2.75) is 65.8 Å². The Hall–Kier alpha value is -0.570. The van der Waals surface area contributed by atoms with Gasteiger partial charge in [0.15, 0.2) is 0 Å². The van der Waals surface area contributed by atoms with E-state index in [4.69, 9.17) is 0 Å². The zero-order chi connectivity index (χ0) is 13.1. The van der Waals surface area contributed by atoms with Crippen molar-refractivity contribution >= 4 is 5.91 Å². The Bertz CT molecular complexity index is 195. The fourth-order valence-corrected chi connectivity index (χ4v) is 1.79. The van der Waals surface area contributed by atoms with Crippen molar-refractivity contribution in [3.05, 3.63) is 0 Å². The van der Waals surface area contributed by atoms with E-state index >= 15 is 0 Å². The first-order valence-electron chi connectivity index (χ1n) is 7.14. The van der Waals surface area contributed by atoms with Gasteiger partial charge in [-0.1, -0.05) is 34.1 Å². The smallest absolute Gasteiger partial charge is 0.221 e. The molecule has 0 aromatic heterocycles. The van der Waals surface area contributed by atoms with Crippen molar-refractivity contribution in [3.63, 3.8) is 0 Å². The van der Waals surface area contributed by atoms with Gasteiger partial charge in [0, 0.05) is 25.6 Å². The molecule has 0 radical (unpaired) electrons. The van der Waals surface area contributed by atoms with Crippen molar-refractivity contribution in [3.8, 4) is 0 Å². The molecule has 0 aliphatic heterocycles. The summed E-state index contributed by atoms with van der Waals surface area (Å²) >= 11 is 0. The van der Waals surface area contributed by atoms with E-state index in [9.17, 15) is 4.79 Å². The molecule has 0 rings (SSSR count). The average Bonchev–Trinajstić information content (AvgIpc) is 2.34. The van der Waals surface area contributed by atoms with Gasteiger partial charge in [-0.25, -0.2) is 0 Å². The number of carbonyl (C=O) groups excluding carboxylic acids is 1. The zero-order valence-corrected chi connectivity index (χ0v) is 12.0. The first kappa shape index (κ1) is 16.4. The molecule has 1 amide bonds. The summed E-state index contributed by atoms with van der Waals surface area (Å²) in [5.74, 6) is 0.930. The van der Waals surface area contributed by atoms with E-state index in [1.165, 1.54) is 12.8 Å². The van der Waals surface area contributed by atoms with E-state index in [1.54, 1.807) is 0 Å². The molecular formula is C14H30N2O. The van der Waals surface area contributed by atoms with Gasteiger partial charge in [-0.2, -0.15) is 0 Å². The van der Waals surface area contributed by atoms with Gasteiger partial charge in [-0.05, 0) is 25.2 Å². The monoisotopic (exact) mass is 242 g/mol. The highest BCUT2D eigenvalue weighted by Crippen LogP contribution is 2.11. The lowest BCUT2D eigenvalue weighted by molar-refractivity contribution is -0.121. The lowest BCUT2D eigenvalue weighted by Crippen LogP contribution is -2.34. The highest BCUT2D eigenvalue weighted by atomic mass is 16.1. The number of carbonyl (C=O) groups is 1. The van der Waals surface area contributed by atoms with Crippen LogP contribution in [-0.4, -0.2) is 25.0 Å². The summed E-state index contributed by atoms with van der Waals surface area (Å²) in [6, 6.07) is 0.559. The molecule has 0 aliphatic rings. The third-order valence-corrected chi connectivity index (χ3v) is 3.23. The number of nitrogens with one attached hydrogen (secondary N) is 2. The molecule has 0 saturated heterocycles. The molecule has 0 aliphatic carbocycles. The molecule has 0 bridgehead atoms. The normalized spacial score (nSPS) is 14.4. The van der Waals surface area contributed by atoms with E-state index < -0.39 is 0 Å². The Kier molecular flexibility index (Phi) is 10.2. The van der Waals surface area contributed by atoms with Gasteiger partial charge in [-0.15, -0.1) is 0 Å². The molecule has 3 heteroatoms. The minimum absolute atomic E-state index is 0.165. The second kappa shape index (κ2) is 10.6. The summed E-state index contributed by atoms with van der Waals surface area (Å²) in [6.07, 6.45) is 5.18. The third kappa shape index (κ3) is 9.16. The lowest BCUT2D eigenvalue weighted by atomic mass is 9.98. The third-order valence-electron chi connectivity index (χ3n) is 3.23. The Morgan fingerprint density at radius 2 is 1.82 bits per heavy atom. The maximum atomic E-state index is 11.4. The standard InChI is InChI=1S/C14H30N2O/c1-5-9-16-14(17)8-10-15-13(7-3)11-12(4)6-2/h12-13,15H,5-11H2,1-4H3,(H,16,17). The number of hydrogen-bond acceptors (Lipinski definition) is 2. The second-order valence-electron chi connectivity index (χ2n) is 4.91. The van der Waals surface area contributed by atoms with Gasteiger partial charge in [0.25, 0.3) is 0 Å². The van der Waals surface area contributed by atoms with Gasteiger partial charge in [0.1, 0.15) is 0 Å². The minimum atomic E-state index is 0.165. The van der Waals surface area contributed by atoms with Crippen LogP contribution >= 0.6 is 0 Å². The van der Waals surface area contributed by atoms with Crippen molar-refractivity contribution in [2.75, 3.05) is 13.1 Å². The second-order valence-corrected chi connectivity index (χ2v) is 4.91. The molecular weight excluding hydrogens is 212 g/mol. The Labute approximate surface area is 107 Å². The van der Waals surface area contributed by atoms with Crippen molar-refractivity contribution in [1.29, 1.82) is 0 Å². The summed E-state index contributed by atoms with van der Waals surface area (Å²) in [4.78, 5) is 11.4. The summed E-state index contributed by atoms with van der Waals surface area (Å²) in [6.45, 7) is 10.4. The lowest BCUT2D eigenvalue weighted by Gasteiger charge is -2.20. The number of hydrogen-bond donors (Lipinski definition) is 2. The molecule has 0 aromatic rings. The molecule has 102 valence electrons. The largest absolute Gasteiger partial charge is 0.356 e. The van der Waals surface area contributed by atoms with Crippen LogP contribution < -0.4 is 10.6 Å². The van der Waals surface area contributed by atoms with Crippen molar-refractivity contribution in [2.24, 2.45) is 5.92 Å². The van der Waals surface area contributed by atoms with Crippen LogP contribution in [-0.2, 0) is 4.79 Å². The minimum Gasteiger partial charge on any atom is -0.356 e. The molecule has 2 unspecified atom stereocenters. The van der Waals surface area contributed by atoms with Crippen LogP contribution in [0.5, 0.6) is 0 Å². The molecule has 0 aromatic carbocycles. The van der Waals surface area contributed by atoms with E-state index in [0.717, 1.165) is 31.8 Å². The van der Waals surface area contributed by atoms with Crippen LogP contribution in [0.2, 0.25) is 0 Å². The Balaban J connectivity index is 3.65. The Morgan fingerprint density at radius 1 is 1.12 bits per heavy atom. The van der Waals surface area contributed by atoms with E-state index in [0.29, 0.717) is 12.5 Å². The van der Waals surface area contributed by atoms with Crippen LogP contribution in [0.3, 0.4) is 0 Å². The first-order chi connectivity index (χ1) is 8.13. The molecule has 2 N–H and O–H groups in total. The van der Waals surface area contributed by atoms with E-state index in [1.807, 2.05) is 0 Å². The van der Waals surface area contributed by atoms with Gasteiger partial charge in [0.05, 0.1) is 0 Å². The summed E-state index contributed by atoms with van der Waals surface area (Å²) in [7, 11) is 0. The highest BCUT2D eigenvalue weighted by Gasteiger charge is 2.10. The molecule has 17 heavy (non-hydrogen) atoms. The van der Waals surface area contributed by atoms with Gasteiger partial charge < -0.3 is 10.6 Å². The predicted octanol–water partition coefficient (Wildman–Crippen LogP) is 2.71. The van der Waals surface area contributed by atoms with Crippen LogP contribution in [0.4, 0.5) is 0 Å². The van der Waals surface area contributed by atoms with E-state index in [-0.39, 0.29) is 5.91 Å². The summed E-state index contributed by atoms with van der Waals surface area (Å²) < 4.78 is 0. The maximum Gasteiger partial charge on any atom is 0.221 e. The maximum absolute atomic E-state index is 11.4. The number of rotatable bonds is 10. The molecule has 0 fully saturated rings. The van der Waals surface area contributed by atoms with Crippen LogP contribution in [0.15, 0.2) is 0 Å². The predicted molar refractivity (Wildman–Crippen MR) is 74.1 cm³/mol. The van der Waals surface area contributed by atoms with Crippen molar-refractivity contribution < 1.29 is 4.79 Å². The highest BCUT2D eigenvalue weighted by molar-refractivity contribution is 5.75. The van der Waals surface area contributed by atoms with Crippen LogP contribution in [0.1, 0.15) is 59.8 Å². The van der Waals surface area contributed by atoms with Gasteiger partial charge in [0.2, 0.25) is 5.91 Å². The van der Waals surface area contributed by atoms with Crippen LogP contribution in [0, 0.1) is 5.92 Å². The summed E-state index contributed by atoms with van der Waals surface area (Å²) in [5, 5.41) is 6.38. The average molecular weight is 242 g/mol. The molecule has 0 heterocycles. The first-order valence-corrected chi connectivity index (χ1v) is 7.14. The number of amides is 1. The van der Waals surface area contributed by atoms with Gasteiger partial charge in [-0.3, -0.25) is 4.79 Å².